The van der Waals surface area contributed by atoms with E-state index in [1.165, 1.54) is 23.9 Å². The van der Waals surface area contributed by atoms with E-state index in [4.69, 9.17) is 11.6 Å². The maximum absolute atomic E-state index is 12.7. The third kappa shape index (κ3) is 1.88. The second kappa shape index (κ2) is 3.46. The van der Waals surface area contributed by atoms with Crippen LogP contribution >= 0.6 is 23.4 Å². The lowest BCUT2D eigenvalue weighted by molar-refractivity contribution is 0.623. The van der Waals surface area contributed by atoms with Gasteiger partial charge in [0.25, 0.3) is 0 Å². The summed E-state index contributed by atoms with van der Waals surface area (Å²) in [5.74, 6) is -0.273. The Balaban J connectivity index is 3.24. The summed E-state index contributed by atoms with van der Waals surface area (Å²) in [5, 5.41) is 0.495. The molecule has 0 atom stereocenters. The summed E-state index contributed by atoms with van der Waals surface area (Å²) in [6, 6.07) is 2.82. The van der Waals surface area contributed by atoms with Gasteiger partial charge in [0, 0.05) is 9.92 Å². The minimum absolute atomic E-state index is 0.273. The van der Waals surface area contributed by atoms with Crippen molar-refractivity contribution < 1.29 is 4.39 Å². The Hall–Kier alpha value is -0.210. The fourth-order valence-electron chi connectivity index (χ4n) is 0.834. The first-order chi connectivity index (χ1) is 5.15. The van der Waals surface area contributed by atoms with Gasteiger partial charge in [0.15, 0.2) is 0 Å². The highest BCUT2D eigenvalue weighted by Gasteiger charge is 2.03. The fraction of sp³-hybridized carbons (Fsp3) is 0.250. The van der Waals surface area contributed by atoms with Crippen molar-refractivity contribution >= 4 is 23.4 Å². The van der Waals surface area contributed by atoms with Crippen molar-refractivity contribution in [1.82, 2.24) is 0 Å². The summed E-state index contributed by atoms with van der Waals surface area (Å²) in [5.41, 5.74) is 0.945. The molecule has 0 aliphatic heterocycles. The van der Waals surface area contributed by atoms with E-state index in [0.29, 0.717) is 5.02 Å². The maximum atomic E-state index is 12.7. The Morgan fingerprint density at radius 3 is 2.64 bits per heavy atom. The second-order valence-corrected chi connectivity index (χ2v) is 3.47. The predicted molar refractivity (Wildman–Crippen MR) is 47.9 cm³/mol. The van der Waals surface area contributed by atoms with Gasteiger partial charge in [0.1, 0.15) is 5.82 Å². The molecule has 1 aromatic rings. The van der Waals surface area contributed by atoms with Crippen molar-refractivity contribution in [2.75, 3.05) is 6.26 Å². The van der Waals surface area contributed by atoms with Crippen LogP contribution in [-0.2, 0) is 0 Å². The quantitative estimate of drug-likeness (QED) is 0.611. The van der Waals surface area contributed by atoms with E-state index in [-0.39, 0.29) is 5.82 Å². The Morgan fingerprint density at radius 1 is 1.45 bits per heavy atom. The van der Waals surface area contributed by atoms with Crippen molar-refractivity contribution in [3.63, 3.8) is 0 Å². The molecule has 1 aromatic carbocycles. The molecule has 0 saturated carbocycles. The van der Waals surface area contributed by atoms with Crippen LogP contribution in [0.4, 0.5) is 4.39 Å². The molecule has 0 aliphatic rings. The fourth-order valence-corrected chi connectivity index (χ4v) is 1.74. The lowest BCUT2D eigenvalue weighted by atomic mass is 10.2. The smallest absolute Gasteiger partial charge is 0.125 e. The third-order valence-corrected chi connectivity index (χ3v) is 2.74. The Bertz CT molecular complexity index is 273. The zero-order valence-corrected chi connectivity index (χ0v) is 7.89. The highest BCUT2D eigenvalue weighted by Crippen LogP contribution is 2.27. The van der Waals surface area contributed by atoms with E-state index < -0.39 is 0 Å². The molecule has 11 heavy (non-hydrogen) atoms. The van der Waals surface area contributed by atoms with Crippen LogP contribution in [-0.4, -0.2) is 6.26 Å². The summed E-state index contributed by atoms with van der Waals surface area (Å²) in [4.78, 5) is 0.898. The van der Waals surface area contributed by atoms with Gasteiger partial charge in [-0.3, -0.25) is 0 Å². The molecule has 60 valence electrons. The highest BCUT2D eigenvalue weighted by molar-refractivity contribution is 7.98. The van der Waals surface area contributed by atoms with Gasteiger partial charge in [0.05, 0.1) is 0 Å². The molecule has 0 fully saturated rings. The monoisotopic (exact) mass is 190 g/mol. The first-order valence-electron chi connectivity index (χ1n) is 3.15. The van der Waals surface area contributed by atoms with E-state index in [9.17, 15) is 4.39 Å². The van der Waals surface area contributed by atoms with Crippen molar-refractivity contribution in [2.24, 2.45) is 0 Å². The number of hydrogen-bond acceptors (Lipinski definition) is 1. The molecule has 0 bridgehead atoms. The summed E-state index contributed by atoms with van der Waals surface area (Å²) in [6.45, 7) is 1.88. The van der Waals surface area contributed by atoms with E-state index in [2.05, 4.69) is 0 Å². The molecule has 1 rings (SSSR count). The van der Waals surface area contributed by atoms with Crippen LogP contribution in [0.5, 0.6) is 0 Å². The summed E-state index contributed by atoms with van der Waals surface area (Å²) in [6.07, 6.45) is 1.90. The van der Waals surface area contributed by atoms with Gasteiger partial charge in [-0.1, -0.05) is 11.6 Å². The van der Waals surface area contributed by atoms with Crippen molar-refractivity contribution in [1.29, 1.82) is 0 Å². The average Bonchev–Trinajstić information content (AvgIpc) is 1.96. The molecule has 0 aliphatic carbocycles. The van der Waals surface area contributed by atoms with Crippen LogP contribution < -0.4 is 0 Å². The van der Waals surface area contributed by atoms with Crippen molar-refractivity contribution in [3.05, 3.63) is 28.5 Å². The van der Waals surface area contributed by atoms with E-state index in [0.717, 1.165) is 10.5 Å². The normalized spacial score (nSPS) is 10.2. The molecular formula is C8H8ClFS. The maximum Gasteiger partial charge on any atom is 0.125 e. The van der Waals surface area contributed by atoms with E-state index in [1.807, 2.05) is 13.2 Å². The lowest BCUT2D eigenvalue weighted by Gasteiger charge is -2.03. The van der Waals surface area contributed by atoms with Gasteiger partial charge < -0.3 is 0 Å². The van der Waals surface area contributed by atoms with Gasteiger partial charge in [-0.25, -0.2) is 4.39 Å². The minimum atomic E-state index is -0.273. The Labute approximate surface area is 74.8 Å². The third-order valence-electron chi connectivity index (χ3n) is 1.48. The molecule has 3 heteroatoms. The molecule has 0 radical (unpaired) electrons. The lowest BCUT2D eigenvalue weighted by Crippen LogP contribution is -1.83. The number of hydrogen-bond donors (Lipinski definition) is 0. The first-order valence-corrected chi connectivity index (χ1v) is 4.75. The molecule has 0 unspecified atom stereocenters. The second-order valence-electron chi connectivity index (χ2n) is 2.21. The van der Waals surface area contributed by atoms with Gasteiger partial charge >= 0.3 is 0 Å². The summed E-state index contributed by atoms with van der Waals surface area (Å²) in [7, 11) is 0. The van der Waals surface area contributed by atoms with Gasteiger partial charge in [0.2, 0.25) is 0 Å². The molecule has 0 N–H and O–H groups in total. The molecule has 0 heterocycles. The number of rotatable bonds is 1. The zero-order valence-electron chi connectivity index (χ0n) is 6.32. The van der Waals surface area contributed by atoms with Crippen LogP contribution in [0.25, 0.3) is 0 Å². The Morgan fingerprint density at radius 2 is 2.09 bits per heavy atom. The van der Waals surface area contributed by atoms with E-state index in [1.54, 1.807) is 0 Å². The van der Waals surface area contributed by atoms with E-state index >= 15 is 0 Å². The van der Waals surface area contributed by atoms with Gasteiger partial charge in [-0.15, -0.1) is 11.8 Å². The zero-order chi connectivity index (χ0) is 8.43. The molecular weight excluding hydrogens is 183 g/mol. The SMILES string of the molecule is CSc1cc(F)cc(Cl)c1C. The molecule has 0 aromatic heterocycles. The molecule has 0 spiro atoms. The molecule has 0 saturated heterocycles. The highest BCUT2D eigenvalue weighted by atomic mass is 35.5. The summed E-state index contributed by atoms with van der Waals surface area (Å²) >= 11 is 7.24. The van der Waals surface area contributed by atoms with Crippen LogP contribution in [0, 0.1) is 12.7 Å². The van der Waals surface area contributed by atoms with Crippen molar-refractivity contribution in [2.45, 2.75) is 11.8 Å². The molecule has 0 nitrogen and oxygen atoms in total. The van der Waals surface area contributed by atoms with Crippen LogP contribution in [0.2, 0.25) is 5.02 Å². The first kappa shape index (κ1) is 8.88. The number of halogens is 2. The van der Waals surface area contributed by atoms with Crippen LogP contribution in [0.1, 0.15) is 5.56 Å². The average molecular weight is 191 g/mol. The summed E-state index contributed by atoms with van der Waals surface area (Å²) < 4.78 is 12.7. The van der Waals surface area contributed by atoms with Gasteiger partial charge in [-0.05, 0) is 30.9 Å². The Kier molecular flexibility index (Phi) is 2.79. The largest absolute Gasteiger partial charge is 0.207 e. The van der Waals surface area contributed by atoms with Crippen LogP contribution in [0.3, 0.4) is 0 Å². The van der Waals surface area contributed by atoms with Gasteiger partial charge in [-0.2, -0.15) is 0 Å². The topological polar surface area (TPSA) is 0 Å². The minimum Gasteiger partial charge on any atom is -0.207 e. The number of benzene rings is 1. The van der Waals surface area contributed by atoms with Crippen LogP contribution in [0.15, 0.2) is 17.0 Å². The standard InChI is InChI=1S/C8H8ClFS/c1-5-7(9)3-6(10)4-8(5)11-2/h3-4H,1-2H3. The number of thioether (sulfide) groups is 1. The van der Waals surface area contributed by atoms with Crippen molar-refractivity contribution in [3.8, 4) is 0 Å². The predicted octanol–water partition coefficient (Wildman–Crippen LogP) is 3.51. The molecule has 0 amide bonds.